The molecule has 0 aliphatic carbocycles. The molecule has 0 aliphatic rings. The standard InChI is InChI=1S/C13H14O3/c14-9-2-1-4-11-5-3-6-12(10-11)7-8-13(15)16/h3,5-6,10,14H,2,7-9H2,(H,15,16). The lowest BCUT2D eigenvalue weighted by Crippen LogP contribution is -1.97. The van der Waals surface area contributed by atoms with Crippen LogP contribution in [0.25, 0.3) is 0 Å². The zero-order valence-corrected chi connectivity index (χ0v) is 8.94. The summed E-state index contributed by atoms with van der Waals surface area (Å²) in [4.78, 5) is 10.4. The lowest BCUT2D eigenvalue weighted by atomic mass is 10.1. The van der Waals surface area contributed by atoms with Gasteiger partial charge in [-0.2, -0.15) is 0 Å². The predicted octanol–water partition coefficient (Wildman–Crippen LogP) is 1.44. The second-order valence-corrected chi connectivity index (χ2v) is 3.37. The largest absolute Gasteiger partial charge is 0.481 e. The van der Waals surface area contributed by atoms with Crippen LogP contribution in [-0.2, 0) is 11.2 Å². The Hall–Kier alpha value is -1.79. The third-order valence-corrected chi connectivity index (χ3v) is 2.02. The van der Waals surface area contributed by atoms with E-state index in [9.17, 15) is 4.79 Å². The van der Waals surface area contributed by atoms with Crippen molar-refractivity contribution in [3.63, 3.8) is 0 Å². The van der Waals surface area contributed by atoms with Crippen molar-refractivity contribution in [1.29, 1.82) is 0 Å². The number of benzene rings is 1. The quantitative estimate of drug-likeness (QED) is 0.752. The minimum atomic E-state index is -0.795. The van der Waals surface area contributed by atoms with Gasteiger partial charge < -0.3 is 10.2 Å². The van der Waals surface area contributed by atoms with E-state index in [0.29, 0.717) is 12.8 Å². The van der Waals surface area contributed by atoms with E-state index in [2.05, 4.69) is 11.8 Å². The number of rotatable bonds is 4. The summed E-state index contributed by atoms with van der Waals surface area (Å²) in [7, 11) is 0. The lowest BCUT2D eigenvalue weighted by Gasteiger charge is -1.98. The first-order chi connectivity index (χ1) is 7.72. The molecule has 3 heteroatoms. The molecule has 0 radical (unpaired) electrons. The van der Waals surface area contributed by atoms with Gasteiger partial charge in [0.2, 0.25) is 0 Å². The van der Waals surface area contributed by atoms with Crippen LogP contribution < -0.4 is 0 Å². The van der Waals surface area contributed by atoms with Crippen LogP contribution in [0.2, 0.25) is 0 Å². The Morgan fingerprint density at radius 2 is 2.19 bits per heavy atom. The van der Waals surface area contributed by atoms with Gasteiger partial charge >= 0.3 is 5.97 Å². The summed E-state index contributed by atoms with van der Waals surface area (Å²) in [6.45, 7) is 0.0612. The highest BCUT2D eigenvalue weighted by Gasteiger charge is 1.99. The van der Waals surface area contributed by atoms with Crippen molar-refractivity contribution in [2.45, 2.75) is 19.3 Å². The Bertz CT molecular complexity index is 413. The van der Waals surface area contributed by atoms with E-state index in [0.717, 1.165) is 11.1 Å². The topological polar surface area (TPSA) is 57.5 Å². The summed E-state index contributed by atoms with van der Waals surface area (Å²) in [5, 5.41) is 17.1. The van der Waals surface area contributed by atoms with Crippen molar-refractivity contribution in [1.82, 2.24) is 0 Å². The summed E-state index contributed by atoms with van der Waals surface area (Å²) < 4.78 is 0. The molecule has 0 amide bonds. The second kappa shape index (κ2) is 6.65. The molecular formula is C13H14O3. The maximum Gasteiger partial charge on any atom is 0.303 e. The van der Waals surface area contributed by atoms with Crippen LogP contribution in [0.15, 0.2) is 24.3 Å². The second-order valence-electron chi connectivity index (χ2n) is 3.37. The van der Waals surface area contributed by atoms with Crippen molar-refractivity contribution < 1.29 is 15.0 Å². The molecule has 0 saturated carbocycles. The number of aryl methyl sites for hydroxylation is 1. The lowest BCUT2D eigenvalue weighted by molar-refractivity contribution is -0.136. The minimum Gasteiger partial charge on any atom is -0.481 e. The summed E-state index contributed by atoms with van der Waals surface area (Å²) in [6, 6.07) is 7.50. The number of carboxylic acid groups (broad SMARTS) is 1. The van der Waals surface area contributed by atoms with Crippen LogP contribution in [0.5, 0.6) is 0 Å². The number of aliphatic hydroxyl groups excluding tert-OH is 1. The molecule has 0 fully saturated rings. The molecule has 2 N–H and O–H groups in total. The Morgan fingerprint density at radius 3 is 2.88 bits per heavy atom. The van der Waals surface area contributed by atoms with Crippen molar-refractivity contribution >= 4 is 5.97 Å². The first-order valence-electron chi connectivity index (χ1n) is 5.13. The van der Waals surface area contributed by atoms with E-state index < -0.39 is 5.97 Å². The molecule has 84 valence electrons. The SMILES string of the molecule is O=C(O)CCc1cccc(C#CCCO)c1. The Balaban J connectivity index is 2.64. The summed E-state index contributed by atoms with van der Waals surface area (Å²) in [5.41, 5.74) is 1.83. The van der Waals surface area contributed by atoms with Crippen LogP contribution in [0.3, 0.4) is 0 Å². The zero-order chi connectivity index (χ0) is 11.8. The molecule has 1 aromatic carbocycles. The highest BCUT2D eigenvalue weighted by Crippen LogP contribution is 2.06. The molecule has 0 saturated heterocycles. The smallest absolute Gasteiger partial charge is 0.303 e. The molecule has 0 spiro atoms. The number of carboxylic acids is 1. The zero-order valence-electron chi connectivity index (χ0n) is 8.94. The molecule has 1 aromatic rings. The highest BCUT2D eigenvalue weighted by atomic mass is 16.4. The van der Waals surface area contributed by atoms with Gasteiger partial charge in [-0.1, -0.05) is 24.0 Å². The molecule has 3 nitrogen and oxygen atoms in total. The van der Waals surface area contributed by atoms with E-state index >= 15 is 0 Å². The van der Waals surface area contributed by atoms with Crippen molar-refractivity contribution in [2.24, 2.45) is 0 Å². The van der Waals surface area contributed by atoms with E-state index in [1.165, 1.54) is 0 Å². The van der Waals surface area contributed by atoms with Gasteiger partial charge in [-0.05, 0) is 24.1 Å². The monoisotopic (exact) mass is 218 g/mol. The van der Waals surface area contributed by atoms with Gasteiger partial charge in [-0.25, -0.2) is 0 Å². The molecule has 0 bridgehead atoms. The van der Waals surface area contributed by atoms with E-state index in [4.69, 9.17) is 10.2 Å². The molecule has 0 unspecified atom stereocenters. The number of aliphatic carboxylic acids is 1. The molecule has 0 atom stereocenters. The third-order valence-electron chi connectivity index (χ3n) is 2.02. The van der Waals surface area contributed by atoms with Gasteiger partial charge in [0, 0.05) is 18.4 Å². The Kier molecular flexibility index (Phi) is 5.10. The number of hydrogen-bond donors (Lipinski definition) is 2. The molecule has 16 heavy (non-hydrogen) atoms. The molecule has 0 heterocycles. The molecule has 1 rings (SSSR count). The molecule has 0 aliphatic heterocycles. The minimum absolute atomic E-state index is 0.0612. The van der Waals surface area contributed by atoms with Gasteiger partial charge in [0.25, 0.3) is 0 Å². The van der Waals surface area contributed by atoms with E-state index in [1.807, 2.05) is 24.3 Å². The number of aliphatic hydroxyl groups is 1. The van der Waals surface area contributed by atoms with Gasteiger partial charge in [-0.3, -0.25) is 4.79 Å². The van der Waals surface area contributed by atoms with Crippen LogP contribution in [-0.4, -0.2) is 22.8 Å². The Labute approximate surface area is 94.7 Å². The maximum atomic E-state index is 10.4. The van der Waals surface area contributed by atoms with Gasteiger partial charge in [0.1, 0.15) is 0 Å². The number of carbonyl (C=O) groups is 1. The fourth-order valence-corrected chi connectivity index (χ4v) is 1.28. The van der Waals surface area contributed by atoms with Crippen LogP contribution in [0.1, 0.15) is 24.0 Å². The van der Waals surface area contributed by atoms with Gasteiger partial charge in [0.15, 0.2) is 0 Å². The summed E-state index contributed by atoms with van der Waals surface area (Å²) in [6.07, 6.45) is 1.11. The van der Waals surface area contributed by atoms with Gasteiger partial charge in [-0.15, -0.1) is 0 Å². The van der Waals surface area contributed by atoms with E-state index in [1.54, 1.807) is 0 Å². The highest BCUT2D eigenvalue weighted by molar-refractivity contribution is 5.67. The van der Waals surface area contributed by atoms with Gasteiger partial charge in [0.05, 0.1) is 6.61 Å². The molecular weight excluding hydrogens is 204 g/mol. The normalized spacial score (nSPS) is 9.31. The first kappa shape index (κ1) is 12.3. The Morgan fingerprint density at radius 1 is 1.38 bits per heavy atom. The average molecular weight is 218 g/mol. The third kappa shape index (κ3) is 4.63. The van der Waals surface area contributed by atoms with Crippen molar-refractivity contribution in [3.05, 3.63) is 35.4 Å². The number of hydrogen-bond acceptors (Lipinski definition) is 2. The first-order valence-corrected chi connectivity index (χ1v) is 5.13. The van der Waals surface area contributed by atoms with Crippen LogP contribution in [0, 0.1) is 11.8 Å². The predicted molar refractivity (Wildman–Crippen MR) is 61.0 cm³/mol. The molecule has 0 aromatic heterocycles. The van der Waals surface area contributed by atoms with E-state index in [-0.39, 0.29) is 13.0 Å². The van der Waals surface area contributed by atoms with Crippen LogP contribution >= 0.6 is 0 Å². The maximum absolute atomic E-state index is 10.4. The fourth-order valence-electron chi connectivity index (χ4n) is 1.28. The van der Waals surface area contributed by atoms with Crippen LogP contribution in [0.4, 0.5) is 0 Å². The van der Waals surface area contributed by atoms with Crippen molar-refractivity contribution in [2.75, 3.05) is 6.61 Å². The average Bonchev–Trinajstić information content (AvgIpc) is 2.27. The summed E-state index contributed by atoms with van der Waals surface area (Å²) >= 11 is 0. The summed E-state index contributed by atoms with van der Waals surface area (Å²) in [5.74, 6) is 4.95. The fraction of sp³-hybridized carbons (Fsp3) is 0.308. The van der Waals surface area contributed by atoms with Crippen molar-refractivity contribution in [3.8, 4) is 11.8 Å².